The van der Waals surface area contributed by atoms with Gasteiger partial charge >= 0.3 is 0 Å². The summed E-state index contributed by atoms with van der Waals surface area (Å²) in [6.45, 7) is 6.73. The zero-order chi connectivity index (χ0) is 10.6. The first-order valence-electron chi connectivity index (χ1n) is 4.62. The van der Waals surface area contributed by atoms with E-state index in [1.165, 1.54) is 0 Å². The van der Waals surface area contributed by atoms with Crippen LogP contribution in [0, 0.1) is 6.92 Å². The molecule has 1 aromatic heterocycles. The van der Waals surface area contributed by atoms with Crippen LogP contribution in [-0.2, 0) is 4.74 Å². The van der Waals surface area contributed by atoms with E-state index in [0.717, 1.165) is 11.4 Å². The third-order valence-corrected chi connectivity index (χ3v) is 2.04. The van der Waals surface area contributed by atoms with Gasteiger partial charge in [0, 0.05) is 13.7 Å². The Morgan fingerprint density at radius 3 is 2.79 bits per heavy atom. The fraction of sp³-hybridized carbons (Fsp3) is 0.600. The minimum atomic E-state index is -0.189. The minimum absolute atomic E-state index is 0.189. The molecule has 1 rings (SSSR count). The van der Waals surface area contributed by atoms with Gasteiger partial charge in [-0.2, -0.15) is 5.10 Å². The number of aryl methyl sites for hydroxylation is 1. The Labute approximate surface area is 84.7 Å². The highest BCUT2D eigenvalue weighted by molar-refractivity contribution is 5.35. The van der Waals surface area contributed by atoms with Crippen molar-refractivity contribution in [1.29, 1.82) is 0 Å². The van der Waals surface area contributed by atoms with Gasteiger partial charge < -0.3 is 10.1 Å². The van der Waals surface area contributed by atoms with E-state index in [0.29, 0.717) is 6.54 Å². The van der Waals surface area contributed by atoms with Crippen LogP contribution in [0.4, 0.5) is 5.82 Å². The first-order valence-corrected chi connectivity index (χ1v) is 4.62. The Morgan fingerprint density at radius 1 is 1.50 bits per heavy atom. The summed E-state index contributed by atoms with van der Waals surface area (Å²) in [5.41, 5.74) is 0.906. The summed E-state index contributed by atoms with van der Waals surface area (Å²) >= 11 is 0. The predicted octanol–water partition coefficient (Wildman–Crippen LogP) is 1.62. The maximum absolute atomic E-state index is 5.28. The van der Waals surface area contributed by atoms with Crippen molar-refractivity contribution >= 4 is 5.82 Å². The van der Waals surface area contributed by atoms with E-state index in [1.807, 2.05) is 26.8 Å². The lowest BCUT2D eigenvalue weighted by molar-refractivity contribution is 0.0343. The molecule has 78 valence electrons. The lowest BCUT2D eigenvalue weighted by atomic mass is 10.1. The molecule has 0 aliphatic heterocycles. The van der Waals surface area contributed by atoms with Crippen molar-refractivity contribution in [3.63, 3.8) is 0 Å². The van der Waals surface area contributed by atoms with Crippen LogP contribution in [0.1, 0.15) is 19.4 Å². The van der Waals surface area contributed by atoms with Gasteiger partial charge in [-0.1, -0.05) is 0 Å². The fourth-order valence-corrected chi connectivity index (χ4v) is 0.926. The lowest BCUT2D eigenvalue weighted by Gasteiger charge is -2.23. The molecule has 0 aromatic carbocycles. The van der Waals surface area contributed by atoms with Gasteiger partial charge in [0.1, 0.15) is 5.82 Å². The molecule has 0 aliphatic carbocycles. The van der Waals surface area contributed by atoms with Gasteiger partial charge in [-0.15, -0.1) is 5.10 Å². The van der Waals surface area contributed by atoms with Crippen LogP contribution in [0.5, 0.6) is 0 Å². The molecule has 0 bridgehead atoms. The van der Waals surface area contributed by atoms with E-state index in [9.17, 15) is 0 Å². The molecule has 4 heteroatoms. The zero-order valence-corrected chi connectivity index (χ0v) is 9.16. The summed E-state index contributed by atoms with van der Waals surface area (Å²) in [7, 11) is 1.70. The highest BCUT2D eigenvalue weighted by Crippen LogP contribution is 2.09. The lowest BCUT2D eigenvalue weighted by Crippen LogP contribution is -2.32. The van der Waals surface area contributed by atoms with Crippen LogP contribution in [-0.4, -0.2) is 29.5 Å². The second-order valence-electron chi connectivity index (χ2n) is 3.94. The molecule has 0 aliphatic rings. The Kier molecular flexibility index (Phi) is 3.41. The number of hydrogen-bond acceptors (Lipinski definition) is 4. The first-order chi connectivity index (χ1) is 6.53. The number of methoxy groups -OCH3 is 1. The predicted molar refractivity (Wildman–Crippen MR) is 56.3 cm³/mol. The van der Waals surface area contributed by atoms with E-state index in [1.54, 1.807) is 13.3 Å². The van der Waals surface area contributed by atoms with Crippen molar-refractivity contribution in [3.8, 4) is 0 Å². The number of nitrogens with zero attached hydrogens (tertiary/aromatic N) is 2. The van der Waals surface area contributed by atoms with Crippen LogP contribution >= 0.6 is 0 Å². The Hall–Kier alpha value is -1.16. The summed E-state index contributed by atoms with van der Waals surface area (Å²) in [5.74, 6) is 0.787. The maximum atomic E-state index is 5.28. The molecule has 0 saturated heterocycles. The quantitative estimate of drug-likeness (QED) is 0.793. The van der Waals surface area contributed by atoms with Gasteiger partial charge in [0.2, 0.25) is 0 Å². The average molecular weight is 195 g/mol. The number of nitrogens with one attached hydrogen (secondary N) is 1. The highest BCUT2D eigenvalue weighted by Gasteiger charge is 2.15. The van der Waals surface area contributed by atoms with Crippen LogP contribution in [0.2, 0.25) is 0 Å². The SMILES string of the molecule is COC(C)(C)CNc1cc(C)cnn1. The smallest absolute Gasteiger partial charge is 0.149 e. The standard InChI is InChI=1S/C10H17N3O/c1-8-5-9(13-12-6-8)11-7-10(2,3)14-4/h5-6H,7H2,1-4H3,(H,11,13). The molecular formula is C10H17N3O. The topological polar surface area (TPSA) is 47.0 Å². The summed E-state index contributed by atoms with van der Waals surface area (Å²) in [5, 5.41) is 11.0. The Balaban J connectivity index is 2.54. The second kappa shape index (κ2) is 4.37. The minimum Gasteiger partial charge on any atom is -0.377 e. The number of aromatic nitrogens is 2. The molecule has 4 nitrogen and oxygen atoms in total. The molecule has 0 unspecified atom stereocenters. The van der Waals surface area contributed by atoms with Gasteiger partial charge in [0.25, 0.3) is 0 Å². The Bertz CT molecular complexity index is 299. The van der Waals surface area contributed by atoms with Gasteiger partial charge in [-0.3, -0.25) is 0 Å². The maximum Gasteiger partial charge on any atom is 0.149 e. The highest BCUT2D eigenvalue weighted by atomic mass is 16.5. The number of ether oxygens (including phenoxy) is 1. The van der Waals surface area contributed by atoms with Crippen LogP contribution in [0.15, 0.2) is 12.3 Å². The van der Waals surface area contributed by atoms with E-state index in [4.69, 9.17) is 4.74 Å². The van der Waals surface area contributed by atoms with E-state index in [-0.39, 0.29) is 5.60 Å². The molecule has 0 spiro atoms. The summed E-state index contributed by atoms with van der Waals surface area (Å²) < 4.78 is 5.28. The number of anilines is 1. The van der Waals surface area contributed by atoms with Crippen molar-refractivity contribution < 1.29 is 4.74 Å². The number of rotatable bonds is 4. The molecule has 0 atom stereocenters. The molecule has 0 saturated carbocycles. The van der Waals surface area contributed by atoms with E-state index < -0.39 is 0 Å². The summed E-state index contributed by atoms with van der Waals surface area (Å²) in [4.78, 5) is 0. The average Bonchev–Trinajstić information content (AvgIpc) is 2.15. The second-order valence-corrected chi connectivity index (χ2v) is 3.94. The molecule has 1 N–H and O–H groups in total. The number of hydrogen-bond donors (Lipinski definition) is 1. The van der Waals surface area contributed by atoms with Crippen molar-refractivity contribution in [1.82, 2.24) is 10.2 Å². The zero-order valence-electron chi connectivity index (χ0n) is 9.16. The van der Waals surface area contributed by atoms with Crippen molar-refractivity contribution in [2.24, 2.45) is 0 Å². The third kappa shape index (κ3) is 3.30. The van der Waals surface area contributed by atoms with Gasteiger partial charge in [0.15, 0.2) is 0 Å². The largest absolute Gasteiger partial charge is 0.377 e. The normalized spacial score (nSPS) is 11.4. The monoisotopic (exact) mass is 195 g/mol. The molecule has 0 amide bonds. The van der Waals surface area contributed by atoms with E-state index in [2.05, 4.69) is 15.5 Å². The third-order valence-electron chi connectivity index (χ3n) is 2.04. The first kappa shape index (κ1) is 10.9. The van der Waals surface area contributed by atoms with Crippen molar-refractivity contribution in [2.75, 3.05) is 19.0 Å². The van der Waals surface area contributed by atoms with Crippen LogP contribution < -0.4 is 5.32 Å². The van der Waals surface area contributed by atoms with Crippen LogP contribution in [0.3, 0.4) is 0 Å². The molecule has 0 fully saturated rings. The Morgan fingerprint density at radius 2 is 2.21 bits per heavy atom. The molecule has 14 heavy (non-hydrogen) atoms. The molecule has 1 heterocycles. The van der Waals surface area contributed by atoms with Crippen molar-refractivity contribution in [3.05, 3.63) is 17.8 Å². The van der Waals surface area contributed by atoms with E-state index >= 15 is 0 Å². The fourth-order valence-electron chi connectivity index (χ4n) is 0.926. The molecule has 0 radical (unpaired) electrons. The summed E-state index contributed by atoms with van der Waals surface area (Å²) in [6, 6.07) is 1.96. The molecular weight excluding hydrogens is 178 g/mol. The van der Waals surface area contributed by atoms with Crippen LogP contribution in [0.25, 0.3) is 0 Å². The van der Waals surface area contributed by atoms with Gasteiger partial charge in [-0.05, 0) is 32.4 Å². The molecule has 1 aromatic rings. The summed E-state index contributed by atoms with van der Waals surface area (Å²) in [6.07, 6.45) is 1.73. The van der Waals surface area contributed by atoms with Gasteiger partial charge in [0.05, 0.1) is 11.8 Å². The van der Waals surface area contributed by atoms with Crippen molar-refractivity contribution in [2.45, 2.75) is 26.4 Å². The van der Waals surface area contributed by atoms with Gasteiger partial charge in [-0.25, -0.2) is 0 Å².